The van der Waals surface area contributed by atoms with Crippen molar-refractivity contribution in [2.75, 3.05) is 11.9 Å². The normalized spacial score (nSPS) is 10.9. The van der Waals surface area contributed by atoms with Crippen LogP contribution >= 0.6 is 0 Å². The standard InChI is InChI=1S/C14H21N5O/c1-6-15-13-10(4)14(18-12(17-13)9(2)3)20-11-7-16-19(5)8-11/h7-9H,6H2,1-5H3,(H,15,17,18). The second-order valence-electron chi connectivity index (χ2n) is 5.00. The van der Waals surface area contributed by atoms with Crippen LogP contribution in [0, 0.1) is 6.92 Å². The number of hydrogen-bond acceptors (Lipinski definition) is 5. The highest BCUT2D eigenvalue weighted by molar-refractivity contribution is 5.49. The lowest BCUT2D eigenvalue weighted by Gasteiger charge is -2.14. The molecule has 2 heterocycles. The molecule has 2 aromatic rings. The van der Waals surface area contributed by atoms with E-state index in [0.717, 1.165) is 23.8 Å². The molecule has 0 saturated carbocycles. The van der Waals surface area contributed by atoms with Crippen LogP contribution < -0.4 is 10.1 Å². The molecule has 6 nitrogen and oxygen atoms in total. The van der Waals surface area contributed by atoms with E-state index < -0.39 is 0 Å². The van der Waals surface area contributed by atoms with Crippen molar-refractivity contribution in [3.05, 3.63) is 23.8 Å². The fourth-order valence-electron chi connectivity index (χ4n) is 1.77. The van der Waals surface area contributed by atoms with Crippen LogP contribution in [-0.2, 0) is 7.05 Å². The fourth-order valence-corrected chi connectivity index (χ4v) is 1.77. The topological polar surface area (TPSA) is 64.9 Å². The molecule has 1 N–H and O–H groups in total. The van der Waals surface area contributed by atoms with Crippen molar-refractivity contribution in [1.29, 1.82) is 0 Å². The molecule has 0 aliphatic rings. The molecule has 0 aliphatic heterocycles. The zero-order valence-corrected chi connectivity index (χ0v) is 12.6. The lowest BCUT2D eigenvalue weighted by molar-refractivity contribution is 0.452. The second-order valence-corrected chi connectivity index (χ2v) is 5.00. The van der Waals surface area contributed by atoms with Crippen LogP contribution in [0.3, 0.4) is 0 Å². The first kappa shape index (κ1) is 14.3. The molecule has 2 rings (SSSR count). The zero-order chi connectivity index (χ0) is 14.7. The molecule has 108 valence electrons. The molecule has 0 aliphatic carbocycles. The van der Waals surface area contributed by atoms with Crippen molar-refractivity contribution < 1.29 is 4.74 Å². The van der Waals surface area contributed by atoms with E-state index in [9.17, 15) is 0 Å². The van der Waals surface area contributed by atoms with Crippen molar-refractivity contribution in [1.82, 2.24) is 19.7 Å². The highest BCUT2D eigenvalue weighted by atomic mass is 16.5. The number of aromatic nitrogens is 4. The van der Waals surface area contributed by atoms with E-state index in [1.807, 2.05) is 27.1 Å². The Morgan fingerprint density at radius 3 is 2.65 bits per heavy atom. The predicted molar refractivity (Wildman–Crippen MR) is 78.3 cm³/mol. The minimum Gasteiger partial charge on any atom is -0.435 e. The Labute approximate surface area is 119 Å². The number of nitrogens with one attached hydrogen (secondary N) is 1. The molecular weight excluding hydrogens is 254 g/mol. The monoisotopic (exact) mass is 275 g/mol. The Bertz CT molecular complexity index is 591. The van der Waals surface area contributed by atoms with E-state index in [0.29, 0.717) is 11.6 Å². The first-order valence-electron chi connectivity index (χ1n) is 6.80. The maximum atomic E-state index is 5.83. The van der Waals surface area contributed by atoms with Gasteiger partial charge in [-0.05, 0) is 13.8 Å². The average Bonchev–Trinajstić information content (AvgIpc) is 2.79. The van der Waals surface area contributed by atoms with Crippen molar-refractivity contribution in [3.8, 4) is 11.6 Å². The second kappa shape index (κ2) is 5.90. The highest BCUT2D eigenvalue weighted by Crippen LogP contribution is 2.28. The molecule has 2 aromatic heterocycles. The largest absolute Gasteiger partial charge is 0.435 e. The molecular formula is C14H21N5O. The van der Waals surface area contributed by atoms with Gasteiger partial charge in [0.25, 0.3) is 0 Å². The Hall–Kier alpha value is -2.11. The number of rotatable bonds is 5. The average molecular weight is 275 g/mol. The smallest absolute Gasteiger partial charge is 0.227 e. The summed E-state index contributed by atoms with van der Waals surface area (Å²) in [5.41, 5.74) is 0.903. The summed E-state index contributed by atoms with van der Waals surface area (Å²) >= 11 is 0. The van der Waals surface area contributed by atoms with Crippen molar-refractivity contribution in [2.24, 2.45) is 7.05 Å². The number of aryl methyl sites for hydroxylation is 1. The summed E-state index contributed by atoms with van der Waals surface area (Å²) in [6, 6.07) is 0. The SMILES string of the molecule is CCNc1nc(C(C)C)nc(Oc2cnn(C)c2)c1C. The lowest BCUT2D eigenvalue weighted by atomic mass is 10.2. The molecule has 0 amide bonds. The van der Waals surface area contributed by atoms with Gasteiger partial charge in [0, 0.05) is 19.5 Å². The van der Waals surface area contributed by atoms with Crippen LogP contribution in [0.1, 0.15) is 38.1 Å². The summed E-state index contributed by atoms with van der Waals surface area (Å²) < 4.78 is 7.53. The Balaban J connectivity index is 2.39. The van der Waals surface area contributed by atoms with Gasteiger partial charge >= 0.3 is 0 Å². The van der Waals surface area contributed by atoms with Crippen molar-refractivity contribution in [3.63, 3.8) is 0 Å². The summed E-state index contributed by atoms with van der Waals surface area (Å²) in [6.45, 7) is 8.93. The summed E-state index contributed by atoms with van der Waals surface area (Å²) in [5, 5.41) is 7.34. The molecule has 0 radical (unpaired) electrons. The van der Waals surface area contributed by atoms with Crippen LogP contribution in [0.5, 0.6) is 11.6 Å². The van der Waals surface area contributed by atoms with Gasteiger partial charge in [-0.3, -0.25) is 4.68 Å². The maximum absolute atomic E-state index is 5.83. The molecule has 6 heteroatoms. The van der Waals surface area contributed by atoms with Gasteiger partial charge in [-0.25, -0.2) is 4.98 Å². The van der Waals surface area contributed by atoms with E-state index in [4.69, 9.17) is 4.74 Å². The van der Waals surface area contributed by atoms with Crippen molar-refractivity contribution in [2.45, 2.75) is 33.6 Å². The predicted octanol–water partition coefficient (Wildman–Crippen LogP) is 2.87. The Morgan fingerprint density at radius 2 is 2.10 bits per heavy atom. The minimum atomic E-state index is 0.240. The summed E-state index contributed by atoms with van der Waals surface area (Å²) in [4.78, 5) is 9.05. The first-order valence-corrected chi connectivity index (χ1v) is 6.80. The number of hydrogen-bond donors (Lipinski definition) is 1. The molecule has 0 saturated heterocycles. The third kappa shape index (κ3) is 3.07. The van der Waals surface area contributed by atoms with E-state index >= 15 is 0 Å². The molecule has 0 spiro atoms. The third-order valence-corrected chi connectivity index (χ3v) is 2.87. The van der Waals surface area contributed by atoms with Gasteiger partial charge in [-0.15, -0.1) is 0 Å². The molecule has 0 bridgehead atoms. The highest BCUT2D eigenvalue weighted by Gasteiger charge is 2.15. The maximum Gasteiger partial charge on any atom is 0.227 e. The van der Waals surface area contributed by atoms with Gasteiger partial charge in [0.05, 0.1) is 18.0 Å². The molecule has 0 aromatic carbocycles. The summed E-state index contributed by atoms with van der Waals surface area (Å²) in [7, 11) is 1.85. The Morgan fingerprint density at radius 1 is 1.35 bits per heavy atom. The van der Waals surface area contributed by atoms with Gasteiger partial charge < -0.3 is 10.1 Å². The van der Waals surface area contributed by atoms with Crippen LogP contribution in [0.25, 0.3) is 0 Å². The number of nitrogens with zero attached hydrogens (tertiary/aromatic N) is 4. The van der Waals surface area contributed by atoms with Crippen LogP contribution in [0.15, 0.2) is 12.4 Å². The summed E-state index contributed by atoms with van der Waals surface area (Å²) in [5.74, 6) is 3.08. The van der Waals surface area contributed by atoms with Gasteiger partial charge in [0.15, 0.2) is 5.75 Å². The van der Waals surface area contributed by atoms with Gasteiger partial charge in [-0.1, -0.05) is 13.8 Å². The number of ether oxygens (including phenoxy) is 1. The van der Waals surface area contributed by atoms with E-state index in [2.05, 4.69) is 34.2 Å². The van der Waals surface area contributed by atoms with Crippen LogP contribution in [-0.4, -0.2) is 26.3 Å². The number of anilines is 1. The molecule has 0 atom stereocenters. The van der Waals surface area contributed by atoms with E-state index in [1.54, 1.807) is 10.9 Å². The van der Waals surface area contributed by atoms with Gasteiger partial charge in [0.1, 0.15) is 11.6 Å². The quantitative estimate of drug-likeness (QED) is 0.909. The summed E-state index contributed by atoms with van der Waals surface area (Å²) in [6.07, 6.45) is 3.48. The third-order valence-electron chi connectivity index (χ3n) is 2.87. The molecule has 0 fully saturated rings. The first-order chi connectivity index (χ1) is 9.51. The van der Waals surface area contributed by atoms with E-state index in [1.165, 1.54) is 0 Å². The zero-order valence-electron chi connectivity index (χ0n) is 12.6. The van der Waals surface area contributed by atoms with Gasteiger partial charge in [0.2, 0.25) is 5.88 Å². The van der Waals surface area contributed by atoms with Crippen LogP contribution in [0.4, 0.5) is 5.82 Å². The lowest BCUT2D eigenvalue weighted by Crippen LogP contribution is -2.08. The fraction of sp³-hybridized carbons (Fsp3) is 0.500. The molecule has 20 heavy (non-hydrogen) atoms. The Kier molecular flexibility index (Phi) is 4.22. The van der Waals surface area contributed by atoms with Gasteiger partial charge in [-0.2, -0.15) is 10.1 Å². The minimum absolute atomic E-state index is 0.240. The van der Waals surface area contributed by atoms with E-state index in [-0.39, 0.29) is 5.92 Å². The molecule has 0 unspecified atom stereocenters. The van der Waals surface area contributed by atoms with Crippen molar-refractivity contribution >= 4 is 5.82 Å². The van der Waals surface area contributed by atoms with Crippen LogP contribution in [0.2, 0.25) is 0 Å².